The number of carbonyl (C=O) groups is 2. The first-order chi connectivity index (χ1) is 14.5. The Morgan fingerprint density at radius 3 is 2.40 bits per heavy atom. The number of hydrogen-bond donors (Lipinski definition) is 0. The minimum Gasteiger partial charge on any atom is -0.496 e. The summed E-state index contributed by atoms with van der Waals surface area (Å²) in [5, 5.41) is -0.551. The fourth-order valence-electron chi connectivity index (χ4n) is 2.93. The number of esters is 2. The molecule has 2 rings (SSSR count). The summed E-state index contributed by atoms with van der Waals surface area (Å²) in [5.41, 5.74) is 3.00. The van der Waals surface area contributed by atoms with Gasteiger partial charge in [-0.3, -0.25) is 4.79 Å². The fraction of sp³-hybridized carbons (Fsp3) is 0.333. The molecule has 0 heterocycles. The molecule has 5 nitrogen and oxygen atoms in total. The molecule has 0 aliphatic heterocycles. The average Bonchev–Trinajstić information content (AvgIpc) is 2.77. The van der Waals surface area contributed by atoms with Gasteiger partial charge in [0, 0.05) is 11.1 Å². The number of carbonyl (C=O) groups excluding carboxylic acids is 2. The summed E-state index contributed by atoms with van der Waals surface area (Å²) in [6, 6.07) is 15.1. The zero-order valence-electron chi connectivity index (χ0n) is 17.8. The van der Waals surface area contributed by atoms with Crippen molar-refractivity contribution in [3.8, 4) is 5.75 Å². The van der Waals surface area contributed by atoms with Gasteiger partial charge in [0.05, 0.1) is 13.7 Å². The molecule has 0 saturated carbocycles. The minimum absolute atomic E-state index is 0.210. The predicted molar refractivity (Wildman–Crippen MR) is 120 cm³/mol. The van der Waals surface area contributed by atoms with Crippen LogP contribution in [0.3, 0.4) is 0 Å². The van der Waals surface area contributed by atoms with Crippen molar-refractivity contribution in [2.45, 2.75) is 32.1 Å². The van der Waals surface area contributed by atoms with Crippen LogP contribution in [0.4, 0.5) is 0 Å². The number of thioether (sulfide) groups is 1. The second-order valence-electron chi connectivity index (χ2n) is 6.45. The smallest absolute Gasteiger partial charge is 0.333 e. The van der Waals surface area contributed by atoms with Gasteiger partial charge in [-0.25, -0.2) is 4.79 Å². The Morgan fingerprint density at radius 2 is 1.80 bits per heavy atom. The largest absolute Gasteiger partial charge is 0.496 e. The highest BCUT2D eigenvalue weighted by molar-refractivity contribution is 7.99. The van der Waals surface area contributed by atoms with Gasteiger partial charge in [-0.2, -0.15) is 0 Å². The summed E-state index contributed by atoms with van der Waals surface area (Å²) in [7, 11) is 1.57. The SMILES string of the molecule is CCOC(=O)C(=Cc1ccc(OC)c(C(SC)C(=O)OCc2ccccc2)c1)CC. The zero-order chi connectivity index (χ0) is 21.9. The Bertz CT molecular complexity index is 876. The van der Waals surface area contributed by atoms with Crippen LogP contribution in [0.5, 0.6) is 5.75 Å². The molecule has 0 aromatic heterocycles. The van der Waals surface area contributed by atoms with Gasteiger partial charge in [-0.1, -0.05) is 43.3 Å². The van der Waals surface area contributed by atoms with E-state index in [4.69, 9.17) is 14.2 Å². The molecule has 0 bridgehead atoms. The van der Waals surface area contributed by atoms with Crippen molar-refractivity contribution < 1.29 is 23.8 Å². The summed E-state index contributed by atoms with van der Waals surface area (Å²) in [6.45, 7) is 4.22. The summed E-state index contributed by atoms with van der Waals surface area (Å²) < 4.78 is 16.1. The van der Waals surface area contributed by atoms with Gasteiger partial charge in [-0.05, 0) is 48.9 Å². The third-order valence-corrected chi connectivity index (χ3v) is 5.39. The molecule has 0 saturated heterocycles. The number of hydrogen-bond acceptors (Lipinski definition) is 6. The van der Waals surface area contributed by atoms with E-state index in [0.29, 0.717) is 29.9 Å². The minimum atomic E-state index is -0.551. The lowest BCUT2D eigenvalue weighted by Gasteiger charge is -2.18. The van der Waals surface area contributed by atoms with Gasteiger partial charge in [0.25, 0.3) is 0 Å². The van der Waals surface area contributed by atoms with E-state index in [1.54, 1.807) is 26.2 Å². The van der Waals surface area contributed by atoms with Gasteiger partial charge in [-0.15, -0.1) is 11.8 Å². The third kappa shape index (κ3) is 6.39. The Labute approximate surface area is 182 Å². The lowest BCUT2D eigenvalue weighted by Crippen LogP contribution is -2.14. The Balaban J connectivity index is 2.29. The first kappa shape index (κ1) is 23.5. The molecule has 1 unspecified atom stereocenters. The molecule has 0 amide bonds. The van der Waals surface area contributed by atoms with E-state index < -0.39 is 5.25 Å². The molecule has 0 fully saturated rings. The molecule has 30 heavy (non-hydrogen) atoms. The molecule has 0 aliphatic rings. The van der Waals surface area contributed by atoms with E-state index in [0.717, 1.165) is 11.1 Å². The van der Waals surface area contributed by atoms with E-state index in [1.807, 2.05) is 55.6 Å². The van der Waals surface area contributed by atoms with Crippen molar-refractivity contribution in [3.05, 3.63) is 70.8 Å². The molecule has 0 N–H and O–H groups in total. The predicted octanol–water partition coefficient (Wildman–Crippen LogP) is 5.20. The fourth-order valence-corrected chi connectivity index (χ4v) is 3.63. The van der Waals surface area contributed by atoms with Crippen molar-refractivity contribution in [3.63, 3.8) is 0 Å². The van der Waals surface area contributed by atoms with Crippen LogP contribution in [0.1, 0.15) is 42.2 Å². The standard InChI is InChI=1S/C24H28O5S/c1-5-19(23(25)28-6-2)14-18-12-13-21(27-3)20(15-18)22(30-4)24(26)29-16-17-10-8-7-9-11-17/h7-15,22H,5-6,16H2,1-4H3. The van der Waals surface area contributed by atoms with Crippen molar-refractivity contribution in [2.75, 3.05) is 20.0 Å². The normalized spacial score (nSPS) is 12.2. The summed E-state index contributed by atoms with van der Waals surface area (Å²) >= 11 is 1.38. The van der Waals surface area contributed by atoms with Gasteiger partial charge in [0.2, 0.25) is 0 Å². The third-order valence-electron chi connectivity index (χ3n) is 4.47. The van der Waals surface area contributed by atoms with E-state index in [1.165, 1.54) is 11.8 Å². The maximum absolute atomic E-state index is 12.8. The molecule has 1 atom stereocenters. The van der Waals surface area contributed by atoms with Gasteiger partial charge in [0.15, 0.2) is 0 Å². The molecular weight excluding hydrogens is 400 g/mol. The Kier molecular flexibility index (Phi) is 9.48. The Hall–Kier alpha value is -2.73. The van der Waals surface area contributed by atoms with Crippen molar-refractivity contribution in [1.29, 1.82) is 0 Å². The topological polar surface area (TPSA) is 61.8 Å². The lowest BCUT2D eigenvalue weighted by atomic mass is 10.0. The molecule has 0 radical (unpaired) electrons. The second-order valence-corrected chi connectivity index (χ2v) is 7.40. The Morgan fingerprint density at radius 1 is 1.07 bits per heavy atom. The zero-order valence-corrected chi connectivity index (χ0v) is 18.7. The van der Waals surface area contributed by atoms with Crippen molar-refractivity contribution >= 4 is 29.8 Å². The van der Waals surface area contributed by atoms with Gasteiger partial charge >= 0.3 is 11.9 Å². The van der Waals surface area contributed by atoms with E-state index in [-0.39, 0.29) is 18.5 Å². The van der Waals surface area contributed by atoms with Gasteiger partial charge in [0.1, 0.15) is 17.6 Å². The van der Waals surface area contributed by atoms with Crippen LogP contribution in [-0.4, -0.2) is 31.9 Å². The quantitative estimate of drug-likeness (QED) is 0.383. The first-order valence-corrected chi connectivity index (χ1v) is 11.1. The first-order valence-electron chi connectivity index (χ1n) is 9.82. The average molecular weight is 429 g/mol. The van der Waals surface area contributed by atoms with Crippen molar-refractivity contribution in [1.82, 2.24) is 0 Å². The number of ether oxygens (including phenoxy) is 3. The molecular formula is C24H28O5S. The molecule has 160 valence electrons. The number of rotatable bonds is 10. The molecule has 0 spiro atoms. The van der Waals surface area contributed by atoms with Crippen molar-refractivity contribution in [2.24, 2.45) is 0 Å². The molecule has 6 heteroatoms. The van der Waals surface area contributed by atoms with Crippen LogP contribution in [-0.2, 0) is 25.7 Å². The van der Waals surface area contributed by atoms with E-state index in [2.05, 4.69) is 0 Å². The maximum Gasteiger partial charge on any atom is 0.333 e. The van der Waals surface area contributed by atoms with Crippen LogP contribution < -0.4 is 4.74 Å². The van der Waals surface area contributed by atoms with E-state index in [9.17, 15) is 9.59 Å². The molecule has 2 aromatic carbocycles. The monoisotopic (exact) mass is 428 g/mol. The maximum atomic E-state index is 12.8. The van der Waals surface area contributed by atoms with Crippen LogP contribution in [0, 0.1) is 0 Å². The van der Waals surface area contributed by atoms with Crippen LogP contribution >= 0.6 is 11.8 Å². The highest BCUT2D eigenvalue weighted by Crippen LogP contribution is 2.36. The summed E-state index contributed by atoms with van der Waals surface area (Å²) in [6.07, 6.45) is 4.19. The van der Waals surface area contributed by atoms with Crippen LogP contribution in [0.15, 0.2) is 54.1 Å². The van der Waals surface area contributed by atoms with Crippen LogP contribution in [0.2, 0.25) is 0 Å². The molecule has 0 aliphatic carbocycles. The van der Waals surface area contributed by atoms with Gasteiger partial charge < -0.3 is 14.2 Å². The van der Waals surface area contributed by atoms with Crippen LogP contribution in [0.25, 0.3) is 6.08 Å². The lowest BCUT2D eigenvalue weighted by molar-refractivity contribution is -0.144. The summed E-state index contributed by atoms with van der Waals surface area (Å²) in [5.74, 6) is -0.0784. The van der Waals surface area contributed by atoms with E-state index >= 15 is 0 Å². The highest BCUT2D eigenvalue weighted by atomic mass is 32.2. The summed E-state index contributed by atoms with van der Waals surface area (Å²) in [4.78, 5) is 24.9. The second kappa shape index (κ2) is 12.1. The molecule has 2 aromatic rings. The number of methoxy groups -OCH3 is 1. The highest BCUT2D eigenvalue weighted by Gasteiger charge is 2.25. The number of benzene rings is 2.